The summed E-state index contributed by atoms with van der Waals surface area (Å²) in [5.74, 6) is -0.413. The molecule has 194 valence electrons. The minimum absolute atomic E-state index is 0.150. The smallest absolute Gasteiger partial charge is 0.397 e. The second kappa shape index (κ2) is 9.77. The molecule has 1 aliphatic heterocycles. The summed E-state index contributed by atoms with van der Waals surface area (Å²) in [4.78, 5) is 28.0. The van der Waals surface area contributed by atoms with Crippen LogP contribution < -0.4 is 16.0 Å². The molecule has 7 nitrogen and oxygen atoms in total. The standard InChI is InChI=1S/C28H25F3N6O/c1-27(25-23(32)14-21(16-35-25)28(29,30)31,15-18-4-7-22(8-5-18)37-12-11-33-17-37)36-26(38)20-6-9-24-19(13-20)3-2-10-34-24/h2-10,13-14,16-17H,11-12,15,32H2,1H3,(H,36,38). The number of hydrogen-bond donors (Lipinski definition) is 2. The lowest BCUT2D eigenvalue weighted by Gasteiger charge is -2.32. The van der Waals surface area contributed by atoms with Crippen molar-refractivity contribution in [2.24, 2.45) is 4.99 Å². The molecule has 1 aliphatic rings. The molecule has 3 N–H and O–H groups in total. The Morgan fingerprint density at radius 1 is 1.08 bits per heavy atom. The summed E-state index contributed by atoms with van der Waals surface area (Å²) < 4.78 is 39.9. The number of pyridine rings is 2. The average molecular weight is 519 g/mol. The fraction of sp³-hybridized carbons (Fsp3) is 0.214. The van der Waals surface area contributed by atoms with Gasteiger partial charge in [-0.25, -0.2) is 0 Å². The van der Waals surface area contributed by atoms with Crippen LogP contribution in [-0.2, 0) is 18.1 Å². The van der Waals surface area contributed by atoms with Crippen LogP contribution in [0.1, 0.15) is 34.1 Å². The highest BCUT2D eigenvalue weighted by molar-refractivity contribution is 5.98. The fourth-order valence-corrected chi connectivity index (χ4v) is 4.61. The van der Waals surface area contributed by atoms with Crippen molar-refractivity contribution in [2.45, 2.75) is 25.1 Å². The van der Waals surface area contributed by atoms with Crippen molar-refractivity contribution >= 4 is 34.5 Å². The van der Waals surface area contributed by atoms with Crippen molar-refractivity contribution in [3.05, 3.63) is 95.4 Å². The number of nitrogens with zero attached hydrogens (tertiary/aromatic N) is 4. The third-order valence-corrected chi connectivity index (χ3v) is 6.54. The summed E-state index contributed by atoms with van der Waals surface area (Å²) in [6.45, 7) is 3.23. The van der Waals surface area contributed by atoms with Gasteiger partial charge in [-0.3, -0.25) is 19.8 Å². The highest BCUT2D eigenvalue weighted by Crippen LogP contribution is 2.35. The van der Waals surface area contributed by atoms with Crippen LogP contribution in [0.15, 0.2) is 78.0 Å². The normalized spacial score (nSPS) is 15.0. The van der Waals surface area contributed by atoms with Gasteiger partial charge < -0.3 is 16.0 Å². The highest BCUT2D eigenvalue weighted by Gasteiger charge is 2.36. The zero-order valence-corrected chi connectivity index (χ0v) is 20.5. The van der Waals surface area contributed by atoms with E-state index >= 15 is 0 Å². The molecule has 0 bridgehead atoms. The number of amides is 1. The Hall–Kier alpha value is -4.47. The van der Waals surface area contributed by atoms with Crippen molar-refractivity contribution < 1.29 is 18.0 Å². The Morgan fingerprint density at radius 3 is 2.55 bits per heavy atom. The van der Waals surface area contributed by atoms with E-state index in [1.165, 1.54) is 0 Å². The lowest BCUT2D eigenvalue weighted by molar-refractivity contribution is -0.137. The van der Waals surface area contributed by atoms with Gasteiger partial charge in [0.1, 0.15) is 0 Å². The molecule has 10 heteroatoms. The molecule has 0 radical (unpaired) electrons. The van der Waals surface area contributed by atoms with Gasteiger partial charge >= 0.3 is 6.18 Å². The Morgan fingerprint density at radius 2 is 1.87 bits per heavy atom. The monoisotopic (exact) mass is 518 g/mol. The molecule has 0 spiro atoms. The van der Waals surface area contributed by atoms with E-state index in [9.17, 15) is 18.0 Å². The van der Waals surface area contributed by atoms with Crippen LogP contribution in [0.5, 0.6) is 0 Å². The number of halogens is 3. The SMILES string of the molecule is CC(Cc1ccc(N2C=NCC2)cc1)(NC(=O)c1ccc2ncccc2c1)c1ncc(C(F)(F)F)cc1N. The first kappa shape index (κ1) is 25.2. The molecule has 0 saturated heterocycles. The summed E-state index contributed by atoms with van der Waals surface area (Å²) >= 11 is 0. The zero-order valence-electron chi connectivity index (χ0n) is 20.5. The second-order valence-electron chi connectivity index (χ2n) is 9.41. The predicted octanol–water partition coefficient (Wildman–Crippen LogP) is 4.97. The number of rotatable bonds is 6. The van der Waals surface area contributed by atoms with Crippen LogP contribution in [-0.4, -0.2) is 35.3 Å². The van der Waals surface area contributed by atoms with Gasteiger partial charge in [0, 0.05) is 42.0 Å². The van der Waals surface area contributed by atoms with E-state index < -0.39 is 23.2 Å². The molecule has 4 aromatic rings. The first-order valence-electron chi connectivity index (χ1n) is 12.0. The van der Waals surface area contributed by atoms with Crippen molar-refractivity contribution in [2.75, 3.05) is 23.7 Å². The summed E-state index contributed by atoms with van der Waals surface area (Å²) in [5.41, 5.74) is 6.87. The largest absolute Gasteiger partial charge is 0.417 e. The Bertz CT molecular complexity index is 1520. The molecular weight excluding hydrogens is 493 g/mol. The number of aromatic nitrogens is 2. The molecule has 0 aliphatic carbocycles. The van der Waals surface area contributed by atoms with Gasteiger partial charge in [0.25, 0.3) is 5.91 Å². The maximum absolute atomic E-state index is 13.4. The minimum Gasteiger partial charge on any atom is -0.397 e. The van der Waals surface area contributed by atoms with Gasteiger partial charge in [0.15, 0.2) is 0 Å². The molecular formula is C28H25F3N6O. The number of nitrogens with one attached hydrogen (secondary N) is 1. The van der Waals surface area contributed by atoms with E-state index in [0.29, 0.717) is 5.56 Å². The third kappa shape index (κ3) is 5.15. The molecule has 0 saturated carbocycles. The van der Waals surface area contributed by atoms with Gasteiger partial charge in [0.05, 0.1) is 40.9 Å². The van der Waals surface area contributed by atoms with Gasteiger partial charge in [-0.1, -0.05) is 18.2 Å². The van der Waals surface area contributed by atoms with E-state index in [2.05, 4.69) is 20.3 Å². The molecule has 38 heavy (non-hydrogen) atoms. The van der Waals surface area contributed by atoms with E-state index in [-0.39, 0.29) is 17.8 Å². The number of nitrogens with two attached hydrogens (primary N) is 1. The number of hydrogen-bond acceptors (Lipinski definition) is 6. The number of carbonyl (C=O) groups is 1. The lowest BCUT2D eigenvalue weighted by Crippen LogP contribution is -2.46. The highest BCUT2D eigenvalue weighted by atomic mass is 19.4. The van der Waals surface area contributed by atoms with E-state index in [1.807, 2.05) is 35.2 Å². The number of benzene rings is 2. The van der Waals surface area contributed by atoms with Crippen molar-refractivity contribution in [1.29, 1.82) is 0 Å². The maximum Gasteiger partial charge on any atom is 0.417 e. The van der Waals surface area contributed by atoms with Gasteiger partial charge in [-0.15, -0.1) is 0 Å². The third-order valence-electron chi connectivity index (χ3n) is 6.54. The summed E-state index contributed by atoms with van der Waals surface area (Å²) in [7, 11) is 0. The zero-order chi connectivity index (χ0) is 26.9. The Balaban J connectivity index is 1.49. The number of alkyl halides is 3. The fourth-order valence-electron chi connectivity index (χ4n) is 4.61. The van der Waals surface area contributed by atoms with Crippen LogP contribution in [0.4, 0.5) is 24.5 Å². The van der Waals surface area contributed by atoms with Crippen LogP contribution in [0.3, 0.4) is 0 Å². The molecule has 1 atom stereocenters. The van der Waals surface area contributed by atoms with Crippen molar-refractivity contribution in [1.82, 2.24) is 15.3 Å². The van der Waals surface area contributed by atoms with E-state index in [0.717, 1.165) is 47.5 Å². The topological polar surface area (TPSA) is 96.5 Å². The number of nitrogen functional groups attached to an aromatic ring is 1. The molecule has 0 fully saturated rings. The summed E-state index contributed by atoms with van der Waals surface area (Å²) in [6, 6.07) is 17.3. The van der Waals surface area contributed by atoms with E-state index in [4.69, 9.17) is 5.73 Å². The van der Waals surface area contributed by atoms with Crippen LogP contribution in [0, 0.1) is 0 Å². The van der Waals surface area contributed by atoms with Crippen LogP contribution >= 0.6 is 0 Å². The van der Waals surface area contributed by atoms with Crippen molar-refractivity contribution in [3.8, 4) is 0 Å². The molecule has 1 unspecified atom stereocenters. The number of aliphatic imine (C=N–C) groups is 1. The molecule has 2 aromatic carbocycles. The first-order chi connectivity index (χ1) is 18.1. The minimum atomic E-state index is -4.59. The molecule has 3 heterocycles. The maximum atomic E-state index is 13.4. The van der Waals surface area contributed by atoms with Crippen molar-refractivity contribution in [3.63, 3.8) is 0 Å². The second-order valence-corrected chi connectivity index (χ2v) is 9.41. The van der Waals surface area contributed by atoms with E-state index in [1.54, 1.807) is 43.7 Å². The quantitative estimate of drug-likeness (QED) is 0.376. The van der Waals surface area contributed by atoms with Crippen LogP contribution in [0.2, 0.25) is 0 Å². The lowest BCUT2D eigenvalue weighted by atomic mass is 9.87. The number of anilines is 2. The summed E-state index contributed by atoms with van der Waals surface area (Å²) in [6.07, 6.45) is -0.156. The Kier molecular flexibility index (Phi) is 6.48. The number of fused-ring (bicyclic) bond motifs is 1. The van der Waals surface area contributed by atoms with Gasteiger partial charge in [0.2, 0.25) is 0 Å². The predicted molar refractivity (Wildman–Crippen MR) is 141 cm³/mol. The van der Waals surface area contributed by atoms with Crippen LogP contribution in [0.25, 0.3) is 10.9 Å². The molecule has 2 aromatic heterocycles. The van der Waals surface area contributed by atoms with Gasteiger partial charge in [-0.05, 0) is 55.0 Å². The molecule has 5 rings (SSSR count). The average Bonchev–Trinajstić information content (AvgIpc) is 3.43. The van der Waals surface area contributed by atoms with Gasteiger partial charge in [-0.2, -0.15) is 13.2 Å². The Labute approximate surface area is 217 Å². The first-order valence-corrected chi connectivity index (χ1v) is 12.0. The molecule has 1 amide bonds. The number of carbonyl (C=O) groups excluding carboxylic acids is 1. The summed E-state index contributed by atoms with van der Waals surface area (Å²) in [5, 5.41) is 3.78.